The third-order valence-electron chi connectivity index (χ3n) is 1.97. The van der Waals surface area contributed by atoms with E-state index in [2.05, 4.69) is 0 Å². The van der Waals surface area contributed by atoms with Crippen LogP contribution < -0.4 is 0 Å². The van der Waals surface area contributed by atoms with Crippen LogP contribution in [0.3, 0.4) is 0 Å². The Balaban J connectivity index is 4.45. The molecule has 1 N–H and O–H groups in total. The van der Waals surface area contributed by atoms with Gasteiger partial charge in [-0.1, -0.05) is 13.8 Å². The quantitative estimate of drug-likeness (QED) is 0.443. The zero-order valence-electron chi connectivity index (χ0n) is 9.53. The highest BCUT2D eigenvalue weighted by Gasteiger charge is 2.25. The molecule has 0 aliphatic carbocycles. The van der Waals surface area contributed by atoms with Gasteiger partial charge in [0.2, 0.25) is 0 Å². The molecule has 15 heavy (non-hydrogen) atoms. The van der Waals surface area contributed by atoms with Crippen molar-refractivity contribution in [2.45, 2.75) is 39.7 Å². The molecule has 0 bridgehead atoms. The Hall–Kier alpha value is -0.620. The number of nitrogens with one attached hydrogen (secondary N) is 1. The zero-order chi connectivity index (χ0) is 12.3. The molecule has 0 heterocycles. The monoisotopic (exact) mass is 236 g/mol. The first-order valence-electron chi connectivity index (χ1n) is 4.78. The van der Waals surface area contributed by atoms with Crippen molar-refractivity contribution in [3.05, 3.63) is 0 Å². The molecule has 0 aromatic rings. The predicted molar refractivity (Wildman–Crippen MR) is 56.9 cm³/mol. The Morgan fingerprint density at radius 2 is 2.00 bits per heavy atom. The van der Waals surface area contributed by atoms with E-state index in [9.17, 15) is 13.0 Å². The maximum absolute atomic E-state index is 10.6. The lowest BCUT2D eigenvalue weighted by Gasteiger charge is -2.29. The average Bonchev–Trinajstić information content (AvgIpc) is 1.96. The summed E-state index contributed by atoms with van der Waals surface area (Å²) in [6.45, 7) is 6.68. The molecule has 1 unspecified atom stereocenters. The van der Waals surface area contributed by atoms with Gasteiger partial charge < -0.3 is 9.29 Å². The molecule has 0 radical (unpaired) electrons. The van der Waals surface area contributed by atoms with Gasteiger partial charge >= 0.3 is 0 Å². The lowest BCUT2D eigenvalue weighted by atomic mass is 10.1. The van der Waals surface area contributed by atoms with Gasteiger partial charge in [-0.15, -0.1) is 0 Å². The average molecular weight is 236 g/mol. The van der Waals surface area contributed by atoms with Crippen LogP contribution in [0.2, 0.25) is 0 Å². The summed E-state index contributed by atoms with van der Waals surface area (Å²) in [6.07, 6.45) is 0.735. The molecular weight excluding hydrogens is 218 g/mol. The Labute approximate surface area is 91.1 Å². The SMILES string of the molecule is CCC(C)C(=N)OC(C)(C)CS(=O)(=O)[O-]. The van der Waals surface area contributed by atoms with E-state index in [1.54, 1.807) is 0 Å². The first kappa shape index (κ1) is 14.4. The largest absolute Gasteiger partial charge is 0.748 e. The van der Waals surface area contributed by atoms with E-state index >= 15 is 0 Å². The van der Waals surface area contributed by atoms with Crippen LogP contribution in [-0.2, 0) is 14.9 Å². The zero-order valence-corrected chi connectivity index (χ0v) is 10.3. The fourth-order valence-electron chi connectivity index (χ4n) is 1.04. The van der Waals surface area contributed by atoms with Crippen molar-refractivity contribution in [3.63, 3.8) is 0 Å². The number of hydrogen-bond donors (Lipinski definition) is 1. The van der Waals surface area contributed by atoms with Crippen molar-refractivity contribution >= 4 is 16.0 Å². The Bertz CT molecular complexity index is 321. The highest BCUT2D eigenvalue weighted by Crippen LogP contribution is 2.16. The molecule has 0 amide bonds. The normalized spacial score (nSPS) is 14.7. The van der Waals surface area contributed by atoms with Gasteiger partial charge in [-0.3, -0.25) is 5.41 Å². The summed E-state index contributed by atoms with van der Waals surface area (Å²) in [5, 5.41) is 7.54. The van der Waals surface area contributed by atoms with E-state index in [-0.39, 0.29) is 11.8 Å². The third kappa shape index (κ3) is 6.46. The lowest BCUT2D eigenvalue weighted by Crippen LogP contribution is -2.37. The minimum Gasteiger partial charge on any atom is -0.748 e. The second-order valence-corrected chi connectivity index (χ2v) is 5.64. The van der Waals surface area contributed by atoms with Crippen LogP contribution in [0.5, 0.6) is 0 Å². The van der Waals surface area contributed by atoms with Gasteiger partial charge in [0, 0.05) is 5.92 Å². The summed E-state index contributed by atoms with van der Waals surface area (Å²) in [4.78, 5) is 0. The van der Waals surface area contributed by atoms with Crippen molar-refractivity contribution in [1.29, 1.82) is 5.41 Å². The van der Waals surface area contributed by atoms with Crippen molar-refractivity contribution < 1.29 is 17.7 Å². The fraction of sp³-hybridized carbons (Fsp3) is 0.889. The molecule has 0 aliphatic rings. The van der Waals surface area contributed by atoms with E-state index in [0.29, 0.717) is 0 Å². The topological polar surface area (TPSA) is 90.3 Å². The van der Waals surface area contributed by atoms with Crippen LogP contribution in [0, 0.1) is 11.3 Å². The first-order valence-corrected chi connectivity index (χ1v) is 6.36. The number of ether oxygens (including phenoxy) is 1. The maximum atomic E-state index is 10.6. The highest BCUT2D eigenvalue weighted by atomic mass is 32.2. The molecule has 0 saturated carbocycles. The van der Waals surface area contributed by atoms with Gasteiger partial charge in [-0.25, -0.2) is 8.42 Å². The van der Waals surface area contributed by atoms with Crippen LogP contribution >= 0.6 is 0 Å². The van der Waals surface area contributed by atoms with E-state index in [1.807, 2.05) is 13.8 Å². The molecule has 1 atom stereocenters. The van der Waals surface area contributed by atoms with Gasteiger partial charge in [-0.05, 0) is 20.3 Å². The van der Waals surface area contributed by atoms with E-state index in [1.165, 1.54) is 13.8 Å². The summed E-state index contributed by atoms with van der Waals surface area (Å²) in [7, 11) is -4.33. The second-order valence-electron chi connectivity index (χ2n) is 4.24. The molecule has 0 spiro atoms. The Morgan fingerprint density at radius 3 is 2.33 bits per heavy atom. The van der Waals surface area contributed by atoms with E-state index in [4.69, 9.17) is 10.1 Å². The Kier molecular flexibility index (Phi) is 4.73. The van der Waals surface area contributed by atoms with Gasteiger partial charge in [0.15, 0.2) is 5.90 Å². The molecule has 5 nitrogen and oxygen atoms in total. The van der Waals surface area contributed by atoms with Crippen LogP contribution in [0.1, 0.15) is 34.1 Å². The van der Waals surface area contributed by atoms with Crippen molar-refractivity contribution in [2.24, 2.45) is 5.92 Å². The van der Waals surface area contributed by atoms with E-state index < -0.39 is 21.5 Å². The predicted octanol–water partition coefficient (Wildman–Crippen LogP) is 1.35. The molecule has 6 heteroatoms. The summed E-state index contributed by atoms with van der Waals surface area (Å²) in [5.74, 6) is -0.677. The second kappa shape index (κ2) is 4.94. The van der Waals surface area contributed by atoms with Crippen LogP contribution in [-0.4, -0.2) is 30.2 Å². The first-order chi connectivity index (χ1) is 6.57. The molecule has 90 valence electrons. The van der Waals surface area contributed by atoms with Gasteiger partial charge in [0.1, 0.15) is 5.60 Å². The van der Waals surface area contributed by atoms with Crippen molar-refractivity contribution in [2.75, 3.05) is 5.75 Å². The molecule has 0 aromatic heterocycles. The van der Waals surface area contributed by atoms with Crippen molar-refractivity contribution in [1.82, 2.24) is 0 Å². The van der Waals surface area contributed by atoms with Gasteiger partial charge in [-0.2, -0.15) is 0 Å². The standard InChI is InChI=1S/C9H19NO4S/c1-5-7(2)8(10)14-9(3,4)6-15(11,12)13/h7,10H,5-6H2,1-4H3,(H,11,12,13)/p-1. The summed E-state index contributed by atoms with van der Waals surface area (Å²) < 4.78 is 36.9. The Morgan fingerprint density at radius 1 is 1.53 bits per heavy atom. The van der Waals surface area contributed by atoms with Crippen LogP contribution in [0.25, 0.3) is 0 Å². The molecule has 0 fully saturated rings. The molecule has 0 aromatic carbocycles. The number of rotatable bonds is 5. The van der Waals surface area contributed by atoms with Crippen LogP contribution in [0.15, 0.2) is 0 Å². The third-order valence-corrected chi connectivity index (χ3v) is 3.02. The fourth-order valence-corrected chi connectivity index (χ4v) is 1.95. The smallest absolute Gasteiger partial charge is 0.183 e. The molecule has 0 saturated heterocycles. The minimum atomic E-state index is -4.33. The molecule has 0 rings (SSSR count). The molecular formula is C9H18NO4S-. The van der Waals surface area contributed by atoms with Crippen molar-refractivity contribution in [3.8, 4) is 0 Å². The summed E-state index contributed by atoms with van der Waals surface area (Å²) in [5.41, 5.74) is -1.14. The van der Waals surface area contributed by atoms with Gasteiger partial charge in [0.05, 0.1) is 15.9 Å². The number of hydrogen-bond acceptors (Lipinski definition) is 5. The summed E-state index contributed by atoms with van der Waals surface area (Å²) >= 11 is 0. The highest BCUT2D eigenvalue weighted by molar-refractivity contribution is 7.85. The lowest BCUT2D eigenvalue weighted by molar-refractivity contribution is 0.105. The van der Waals surface area contributed by atoms with Gasteiger partial charge in [0.25, 0.3) is 0 Å². The van der Waals surface area contributed by atoms with E-state index in [0.717, 1.165) is 6.42 Å². The minimum absolute atomic E-state index is 0.0196. The summed E-state index contributed by atoms with van der Waals surface area (Å²) in [6, 6.07) is 0. The van der Waals surface area contributed by atoms with Crippen LogP contribution in [0.4, 0.5) is 0 Å². The molecule has 0 aliphatic heterocycles. The maximum Gasteiger partial charge on any atom is 0.183 e.